The molecule has 0 spiro atoms. The summed E-state index contributed by atoms with van der Waals surface area (Å²) in [5.41, 5.74) is 0. The molecular formula is C8H12N2O4S. The first-order chi connectivity index (χ1) is 7.04. The molecule has 15 heavy (non-hydrogen) atoms. The third-order valence-corrected chi connectivity index (χ3v) is 2.82. The van der Waals surface area contributed by atoms with Gasteiger partial charge < -0.3 is 15.0 Å². The number of likely N-dealkylation sites (N-methyl/N-ethyl adjacent to an activating group) is 1. The Morgan fingerprint density at radius 3 is 2.80 bits per heavy atom. The van der Waals surface area contributed by atoms with Crippen LogP contribution in [-0.4, -0.2) is 54.5 Å². The number of carbonyl (C=O) groups is 3. The van der Waals surface area contributed by atoms with E-state index in [9.17, 15) is 14.4 Å². The van der Waals surface area contributed by atoms with Gasteiger partial charge in [-0.25, -0.2) is 0 Å². The van der Waals surface area contributed by atoms with Crippen LogP contribution in [0.3, 0.4) is 0 Å². The molecule has 1 N–H and O–H groups in total. The first kappa shape index (κ1) is 11.8. The lowest BCUT2D eigenvalue weighted by molar-refractivity contribution is -0.146. The number of hydrogen-bond donors (Lipinski definition) is 1. The van der Waals surface area contributed by atoms with E-state index in [2.05, 4.69) is 10.1 Å². The molecule has 1 rings (SSSR count). The second-order valence-corrected chi connectivity index (χ2v) is 4.06. The minimum Gasteiger partial charge on any atom is -0.468 e. The van der Waals surface area contributed by atoms with E-state index in [1.165, 1.54) is 19.1 Å². The monoisotopic (exact) mass is 232 g/mol. The van der Waals surface area contributed by atoms with Crippen molar-refractivity contribution >= 4 is 28.9 Å². The predicted octanol–water partition coefficient (Wildman–Crippen LogP) is -0.557. The van der Waals surface area contributed by atoms with E-state index in [-0.39, 0.29) is 17.7 Å². The van der Waals surface area contributed by atoms with Gasteiger partial charge >= 0.3 is 5.97 Å². The summed E-state index contributed by atoms with van der Waals surface area (Å²) < 4.78 is 4.43. The van der Waals surface area contributed by atoms with Gasteiger partial charge in [0.2, 0.25) is 5.91 Å². The standard InChI is InChI=1S/C8H12N2O4S/c1-10(3-6(11)14-2)7(12)5-4-15-8(13)9-5/h5H,3-4H2,1-2H3,(H,9,13). The average Bonchev–Trinajstić information content (AvgIpc) is 2.63. The quantitative estimate of drug-likeness (QED) is 0.660. The molecule has 84 valence electrons. The molecule has 1 aliphatic heterocycles. The highest BCUT2D eigenvalue weighted by Gasteiger charge is 2.30. The van der Waals surface area contributed by atoms with Gasteiger partial charge in [0, 0.05) is 12.8 Å². The van der Waals surface area contributed by atoms with Crippen LogP contribution in [0.15, 0.2) is 0 Å². The van der Waals surface area contributed by atoms with Crippen molar-refractivity contribution in [1.82, 2.24) is 10.2 Å². The third kappa shape index (κ3) is 3.12. The van der Waals surface area contributed by atoms with E-state index in [1.54, 1.807) is 0 Å². The molecule has 1 saturated heterocycles. The number of methoxy groups -OCH3 is 1. The van der Waals surface area contributed by atoms with Crippen LogP contribution in [0.5, 0.6) is 0 Å². The molecule has 1 aliphatic rings. The molecule has 1 unspecified atom stereocenters. The highest BCUT2D eigenvalue weighted by Crippen LogP contribution is 2.14. The Morgan fingerprint density at radius 1 is 1.67 bits per heavy atom. The van der Waals surface area contributed by atoms with Crippen LogP contribution >= 0.6 is 11.8 Å². The van der Waals surface area contributed by atoms with Gasteiger partial charge in [-0.15, -0.1) is 0 Å². The van der Waals surface area contributed by atoms with Gasteiger partial charge in [0.15, 0.2) is 0 Å². The van der Waals surface area contributed by atoms with Crippen LogP contribution in [0.25, 0.3) is 0 Å². The lowest BCUT2D eigenvalue weighted by Gasteiger charge is -2.18. The van der Waals surface area contributed by atoms with E-state index in [4.69, 9.17) is 0 Å². The van der Waals surface area contributed by atoms with Gasteiger partial charge in [-0.05, 0) is 0 Å². The lowest BCUT2D eigenvalue weighted by atomic mass is 10.3. The molecule has 1 atom stereocenters. The maximum atomic E-state index is 11.6. The fraction of sp³-hybridized carbons (Fsp3) is 0.625. The third-order valence-electron chi connectivity index (χ3n) is 1.94. The van der Waals surface area contributed by atoms with Gasteiger partial charge in [-0.3, -0.25) is 14.4 Å². The molecule has 1 heterocycles. The molecular weight excluding hydrogens is 220 g/mol. The summed E-state index contributed by atoms with van der Waals surface area (Å²) in [5.74, 6) is -0.356. The van der Waals surface area contributed by atoms with Crippen molar-refractivity contribution in [2.45, 2.75) is 6.04 Å². The van der Waals surface area contributed by atoms with Gasteiger partial charge in [0.25, 0.3) is 5.24 Å². The number of amides is 2. The van der Waals surface area contributed by atoms with Crippen LogP contribution < -0.4 is 5.32 Å². The topological polar surface area (TPSA) is 75.7 Å². The number of ether oxygens (including phenoxy) is 1. The number of nitrogens with zero attached hydrogens (tertiary/aromatic N) is 1. The number of esters is 1. The van der Waals surface area contributed by atoms with Crippen molar-refractivity contribution < 1.29 is 19.1 Å². The maximum Gasteiger partial charge on any atom is 0.325 e. The zero-order valence-electron chi connectivity index (χ0n) is 8.48. The average molecular weight is 232 g/mol. The lowest BCUT2D eigenvalue weighted by Crippen LogP contribution is -2.45. The van der Waals surface area contributed by atoms with Crippen molar-refractivity contribution in [2.75, 3.05) is 26.5 Å². The fourth-order valence-electron chi connectivity index (χ4n) is 1.12. The fourth-order valence-corrected chi connectivity index (χ4v) is 1.89. The molecule has 6 nitrogen and oxygen atoms in total. The zero-order chi connectivity index (χ0) is 11.4. The van der Waals surface area contributed by atoms with E-state index >= 15 is 0 Å². The van der Waals surface area contributed by atoms with Gasteiger partial charge in [-0.1, -0.05) is 11.8 Å². The van der Waals surface area contributed by atoms with Gasteiger partial charge in [0.1, 0.15) is 12.6 Å². The number of hydrogen-bond acceptors (Lipinski definition) is 5. The summed E-state index contributed by atoms with van der Waals surface area (Å²) in [6, 6.07) is -0.530. The SMILES string of the molecule is COC(=O)CN(C)C(=O)C1CSC(=O)N1. The summed E-state index contributed by atoms with van der Waals surface area (Å²) >= 11 is 1.06. The zero-order valence-corrected chi connectivity index (χ0v) is 9.30. The summed E-state index contributed by atoms with van der Waals surface area (Å²) in [6.45, 7) is -0.105. The van der Waals surface area contributed by atoms with E-state index < -0.39 is 12.0 Å². The van der Waals surface area contributed by atoms with Crippen LogP contribution in [0.2, 0.25) is 0 Å². The van der Waals surface area contributed by atoms with Gasteiger partial charge in [0.05, 0.1) is 7.11 Å². The molecule has 0 saturated carbocycles. The Balaban J connectivity index is 2.45. The summed E-state index contributed by atoms with van der Waals surface area (Å²) in [6.07, 6.45) is 0. The van der Waals surface area contributed by atoms with Crippen molar-refractivity contribution in [2.24, 2.45) is 0 Å². The van der Waals surface area contributed by atoms with Crippen molar-refractivity contribution in [1.29, 1.82) is 0 Å². The summed E-state index contributed by atoms with van der Waals surface area (Å²) in [7, 11) is 2.75. The minimum atomic E-state index is -0.530. The van der Waals surface area contributed by atoms with Crippen molar-refractivity contribution in [3.63, 3.8) is 0 Å². The molecule has 7 heteroatoms. The smallest absolute Gasteiger partial charge is 0.325 e. The molecule has 0 aliphatic carbocycles. The largest absolute Gasteiger partial charge is 0.468 e. The van der Waals surface area contributed by atoms with E-state index in [0.717, 1.165) is 11.8 Å². The Hall–Kier alpha value is -1.24. The second kappa shape index (κ2) is 5.01. The normalized spacial score (nSPS) is 19.6. The minimum absolute atomic E-state index is 0.105. The van der Waals surface area contributed by atoms with Crippen LogP contribution in [0.1, 0.15) is 0 Å². The molecule has 1 fully saturated rings. The van der Waals surface area contributed by atoms with Gasteiger partial charge in [-0.2, -0.15) is 0 Å². The van der Waals surface area contributed by atoms with Crippen LogP contribution in [0, 0.1) is 0 Å². The molecule has 0 radical (unpaired) electrons. The first-order valence-corrected chi connectivity index (χ1v) is 5.28. The summed E-state index contributed by atoms with van der Waals surface area (Å²) in [4.78, 5) is 34.6. The Labute approximate surface area is 91.3 Å². The number of thioether (sulfide) groups is 1. The maximum absolute atomic E-state index is 11.6. The number of rotatable bonds is 3. The predicted molar refractivity (Wildman–Crippen MR) is 54.4 cm³/mol. The highest BCUT2D eigenvalue weighted by atomic mass is 32.2. The van der Waals surface area contributed by atoms with Crippen molar-refractivity contribution in [3.8, 4) is 0 Å². The highest BCUT2D eigenvalue weighted by molar-refractivity contribution is 8.14. The molecule has 0 bridgehead atoms. The number of carbonyl (C=O) groups excluding carboxylic acids is 3. The molecule has 2 amide bonds. The van der Waals surface area contributed by atoms with E-state index in [0.29, 0.717) is 5.75 Å². The molecule has 0 aromatic rings. The first-order valence-electron chi connectivity index (χ1n) is 4.29. The van der Waals surface area contributed by atoms with Crippen molar-refractivity contribution in [3.05, 3.63) is 0 Å². The second-order valence-electron chi connectivity index (χ2n) is 3.07. The Kier molecular flexibility index (Phi) is 3.96. The Bertz CT molecular complexity index is 294. The molecule has 0 aromatic heterocycles. The molecule has 0 aromatic carbocycles. The Morgan fingerprint density at radius 2 is 2.33 bits per heavy atom. The summed E-state index contributed by atoms with van der Waals surface area (Å²) in [5, 5.41) is 2.30. The number of nitrogens with one attached hydrogen (secondary N) is 1. The van der Waals surface area contributed by atoms with E-state index in [1.807, 2.05) is 0 Å². The van der Waals surface area contributed by atoms with Crippen LogP contribution in [-0.2, 0) is 14.3 Å². The van der Waals surface area contributed by atoms with Crippen LogP contribution in [0.4, 0.5) is 4.79 Å².